The summed E-state index contributed by atoms with van der Waals surface area (Å²) in [6.07, 6.45) is 4.97. The first kappa shape index (κ1) is 17.3. The molecule has 0 spiro atoms. The molecule has 2 N–H and O–H groups in total. The Bertz CT molecular complexity index is 606. The van der Waals surface area contributed by atoms with Crippen molar-refractivity contribution in [1.29, 1.82) is 0 Å². The van der Waals surface area contributed by atoms with Gasteiger partial charge in [0.15, 0.2) is 0 Å². The lowest BCUT2D eigenvalue weighted by atomic mass is 9.74. The van der Waals surface area contributed by atoms with Gasteiger partial charge < -0.3 is 15.3 Å². The summed E-state index contributed by atoms with van der Waals surface area (Å²) in [5, 5.41) is 13.6. The van der Waals surface area contributed by atoms with Crippen molar-refractivity contribution in [2.24, 2.45) is 11.3 Å². The van der Waals surface area contributed by atoms with Crippen LogP contribution >= 0.6 is 0 Å². The van der Waals surface area contributed by atoms with Crippen LogP contribution < -0.4 is 5.32 Å². The molecule has 0 aromatic heterocycles. The molecule has 0 saturated carbocycles. The first-order valence-corrected chi connectivity index (χ1v) is 9.21. The van der Waals surface area contributed by atoms with Gasteiger partial charge in [-0.1, -0.05) is 32.9 Å². The molecule has 1 aromatic rings. The van der Waals surface area contributed by atoms with Crippen LogP contribution in [-0.2, 0) is 12.8 Å². The van der Waals surface area contributed by atoms with E-state index in [9.17, 15) is 9.90 Å². The Balaban J connectivity index is 1.67. The number of carbonyl (C=O) groups is 1. The highest BCUT2D eigenvalue weighted by Crippen LogP contribution is 2.35. The van der Waals surface area contributed by atoms with Crippen molar-refractivity contribution in [2.45, 2.75) is 59.0 Å². The summed E-state index contributed by atoms with van der Waals surface area (Å²) < 4.78 is 0. The summed E-state index contributed by atoms with van der Waals surface area (Å²) in [7, 11) is 0. The smallest absolute Gasteiger partial charge is 0.321 e. The number of piperidine rings is 1. The molecule has 0 radical (unpaired) electrons. The van der Waals surface area contributed by atoms with E-state index in [0.717, 1.165) is 24.9 Å². The summed E-state index contributed by atoms with van der Waals surface area (Å²) >= 11 is 0. The van der Waals surface area contributed by atoms with Gasteiger partial charge in [0.05, 0.1) is 6.10 Å². The van der Waals surface area contributed by atoms with Gasteiger partial charge in [-0.3, -0.25) is 0 Å². The molecule has 4 nitrogen and oxygen atoms in total. The van der Waals surface area contributed by atoms with Crippen LogP contribution in [0.2, 0.25) is 0 Å². The van der Waals surface area contributed by atoms with Crippen LogP contribution in [0, 0.1) is 11.3 Å². The number of benzene rings is 1. The minimum absolute atomic E-state index is 0.0699. The number of nitrogens with zero attached hydrogens (tertiary/aromatic N) is 1. The van der Waals surface area contributed by atoms with Crippen LogP contribution in [0.15, 0.2) is 18.2 Å². The molecule has 1 aliphatic carbocycles. The zero-order chi connectivity index (χ0) is 17.3. The van der Waals surface area contributed by atoms with Gasteiger partial charge in [0, 0.05) is 18.8 Å². The highest BCUT2D eigenvalue weighted by molar-refractivity contribution is 5.90. The summed E-state index contributed by atoms with van der Waals surface area (Å²) in [5.74, 6) is 0.242. The second-order valence-electron chi connectivity index (χ2n) is 8.36. The maximum absolute atomic E-state index is 12.7. The highest BCUT2D eigenvalue weighted by Gasteiger charge is 2.37. The maximum atomic E-state index is 12.7. The Kier molecular flexibility index (Phi) is 4.86. The van der Waals surface area contributed by atoms with E-state index >= 15 is 0 Å². The van der Waals surface area contributed by atoms with Crippen LogP contribution in [0.25, 0.3) is 0 Å². The Hall–Kier alpha value is -1.55. The second-order valence-corrected chi connectivity index (χ2v) is 8.36. The monoisotopic (exact) mass is 330 g/mol. The van der Waals surface area contributed by atoms with Crippen molar-refractivity contribution in [2.75, 3.05) is 18.4 Å². The van der Waals surface area contributed by atoms with Gasteiger partial charge in [-0.05, 0) is 60.6 Å². The maximum Gasteiger partial charge on any atom is 0.321 e. The second kappa shape index (κ2) is 6.75. The van der Waals surface area contributed by atoms with Gasteiger partial charge in [0.2, 0.25) is 0 Å². The van der Waals surface area contributed by atoms with Gasteiger partial charge in [-0.15, -0.1) is 0 Å². The summed E-state index contributed by atoms with van der Waals surface area (Å²) in [4.78, 5) is 14.4. The van der Waals surface area contributed by atoms with Crippen molar-refractivity contribution >= 4 is 11.7 Å². The standard InChI is InChI=1S/C20H30N2O2/c1-20(2,3)16-11-12-22(13-18(16)23)19(24)21-17-10-6-8-14-7-4-5-9-15(14)17/h6,8,10,16,18,23H,4-5,7,9,11-13H2,1-3H3,(H,21,24)/t16-,18-/m0/s1. The van der Waals surface area contributed by atoms with Crippen molar-refractivity contribution in [3.63, 3.8) is 0 Å². The molecule has 2 atom stereocenters. The molecular weight excluding hydrogens is 300 g/mol. The van der Waals surface area contributed by atoms with E-state index in [4.69, 9.17) is 0 Å². The topological polar surface area (TPSA) is 52.6 Å². The van der Waals surface area contributed by atoms with Crippen molar-refractivity contribution < 1.29 is 9.90 Å². The number of urea groups is 1. The number of likely N-dealkylation sites (tertiary alicyclic amines) is 1. The number of hydrogen-bond donors (Lipinski definition) is 2. The predicted molar refractivity (Wildman–Crippen MR) is 97.2 cm³/mol. The Morgan fingerprint density at radius 1 is 1.25 bits per heavy atom. The van der Waals surface area contributed by atoms with Crippen LogP contribution in [-0.4, -0.2) is 35.2 Å². The first-order valence-electron chi connectivity index (χ1n) is 9.21. The van der Waals surface area contributed by atoms with E-state index in [1.807, 2.05) is 12.1 Å². The number of aliphatic hydroxyl groups excluding tert-OH is 1. The number of nitrogens with one attached hydrogen (secondary N) is 1. The fourth-order valence-corrected chi connectivity index (χ4v) is 4.22. The zero-order valence-electron chi connectivity index (χ0n) is 15.1. The van der Waals surface area contributed by atoms with E-state index < -0.39 is 6.10 Å². The quantitative estimate of drug-likeness (QED) is 0.822. The normalized spacial score (nSPS) is 24.4. The zero-order valence-corrected chi connectivity index (χ0v) is 15.1. The third-order valence-corrected chi connectivity index (χ3v) is 5.62. The molecule has 1 saturated heterocycles. The third-order valence-electron chi connectivity index (χ3n) is 5.62. The molecular formula is C20H30N2O2. The molecule has 2 aliphatic rings. The van der Waals surface area contributed by atoms with Crippen molar-refractivity contribution in [1.82, 2.24) is 4.90 Å². The molecule has 4 heteroatoms. The molecule has 1 aliphatic heterocycles. The summed E-state index contributed by atoms with van der Waals surface area (Å²) in [6.45, 7) is 7.61. The molecule has 1 aromatic carbocycles. The van der Waals surface area contributed by atoms with Crippen LogP contribution in [0.1, 0.15) is 51.2 Å². The number of amides is 2. The van der Waals surface area contributed by atoms with Crippen molar-refractivity contribution in [3.8, 4) is 0 Å². The van der Waals surface area contributed by atoms with E-state index in [2.05, 4.69) is 32.2 Å². The SMILES string of the molecule is CC(C)(C)[C@H]1CCN(C(=O)Nc2cccc3c2CCCC3)C[C@@H]1O. The lowest BCUT2D eigenvalue weighted by Gasteiger charge is -2.42. The van der Waals surface area contributed by atoms with Gasteiger partial charge >= 0.3 is 6.03 Å². The molecule has 1 heterocycles. The average molecular weight is 330 g/mol. The number of hydrogen-bond acceptors (Lipinski definition) is 2. The minimum atomic E-state index is -0.450. The predicted octanol–water partition coefficient (Wildman–Crippen LogP) is 3.83. The number of aliphatic hydroxyl groups is 1. The number of anilines is 1. The van der Waals surface area contributed by atoms with E-state index in [1.165, 1.54) is 24.0 Å². The fraction of sp³-hybridized carbons (Fsp3) is 0.650. The minimum Gasteiger partial charge on any atom is -0.391 e. The van der Waals surface area contributed by atoms with Gasteiger partial charge in [0.25, 0.3) is 0 Å². The average Bonchev–Trinajstić information content (AvgIpc) is 2.54. The first-order chi connectivity index (χ1) is 11.4. The van der Waals surface area contributed by atoms with Crippen LogP contribution in [0.3, 0.4) is 0 Å². The van der Waals surface area contributed by atoms with Crippen LogP contribution in [0.4, 0.5) is 10.5 Å². The lowest BCUT2D eigenvalue weighted by molar-refractivity contribution is -0.0108. The lowest BCUT2D eigenvalue weighted by Crippen LogP contribution is -2.51. The van der Waals surface area contributed by atoms with Gasteiger partial charge in [-0.25, -0.2) is 4.79 Å². The Morgan fingerprint density at radius 2 is 2.00 bits per heavy atom. The molecule has 2 amide bonds. The van der Waals surface area contributed by atoms with Crippen molar-refractivity contribution in [3.05, 3.63) is 29.3 Å². The van der Waals surface area contributed by atoms with Gasteiger partial charge in [-0.2, -0.15) is 0 Å². The molecule has 0 unspecified atom stereocenters. The molecule has 24 heavy (non-hydrogen) atoms. The van der Waals surface area contributed by atoms with E-state index in [1.54, 1.807) is 4.90 Å². The fourth-order valence-electron chi connectivity index (χ4n) is 4.22. The Morgan fingerprint density at radius 3 is 2.71 bits per heavy atom. The number of rotatable bonds is 1. The third kappa shape index (κ3) is 3.59. The number of β-amino-alcohol motifs (C(OH)–C–C–N with tert-alkyl or cyclic N) is 1. The van der Waals surface area contributed by atoms with E-state index in [-0.39, 0.29) is 17.4 Å². The molecule has 0 bridgehead atoms. The number of carbonyl (C=O) groups excluding carboxylic acids is 1. The number of fused-ring (bicyclic) bond motifs is 1. The molecule has 3 rings (SSSR count). The molecule has 132 valence electrons. The Labute approximate surface area is 145 Å². The highest BCUT2D eigenvalue weighted by atomic mass is 16.3. The van der Waals surface area contributed by atoms with Gasteiger partial charge in [0.1, 0.15) is 0 Å². The number of aryl methyl sites for hydroxylation is 1. The summed E-state index contributed by atoms with van der Waals surface area (Å²) in [5.41, 5.74) is 3.68. The van der Waals surface area contributed by atoms with E-state index in [0.29, 0.717) is 13.1 Å². The largest absolute Gasteiger partial charge is 0.391 e. The van der Waals surface area contributed by atoms with Crippen LogP contribution in [0.5, 0.6) is 0 Å². The molecule has 1 fully saturated rings. The summed E-state index contributed by atoms with van der Waals surface area (Å²) in [6, 6.07) is 6.12.